The fraction of sp³-hybridized carbons (Fsp3) is 0.250. The lowest BCUT2D eigenvalue weighted by Crippen LogP contribution is -2.28. The lowest BCUT2D eigenvalue weighted by molar-refractivity contribution is -0.136. The summed E-state index contributed by atoms with van der Waals surface area (Å²) in [6.45, 7) is 1.83. The smallest absolute Gasteiger partial charge is 0.338 e. The van der Waals surface area contributed by atoms with Crippen LogP contribution in [-0.2, 0) is 9.53 Å². The van der Waals surface area contributed by atoms with Crippen LogP contribution in [-0.4, -0.2) is 27.8 Å². The normalized spacial score (nSPS) is 17.6. The van der Waals surface area contributed by atoms with Gasteiger partial charge in [-0.15, -0.1) is 11.3 Å². The molecule has 104 valence electrons. The largest absolute Gasteiger partial charge is 0.466 e. The Bertz CT molecular complexity index is 706. The van der Waals surface area contributed by atoms with E-state index in [1.807, 2.05) is 19.1 Å². The highest BCUT2D eigenvalue weighted by Gasteiger charge is 2.34. The van der Waals surface area contributed by atoms with Crippen LogP contribution >= 0.6 is 27.3 Å². The number of halogens is 1. The van der Waals surface area contributed by atoms with E-state index < -0.39 is 0 Å². The molecule has 0 fully saturated rings. The van der Waals surface area contributed by atoms with E-state index >= 15 is 0 Å². The molecule has 20 heavy (non-hydrogen) atoms. The maximum atomic E-state index is 12.1. The van der Waals surface area contributed by atoms with Crippen LogP contribution in [0.25, 0.3) is 0 Å². The first-order valence-electron chi connectivity index (χ1n) is 5.82. The molecule has 1 aliphatic heterocycles. The fourth-order valence-electron chi connectivity index (χ4n) is 2.20. The SMILES string of the molecule is COC(=O)C1=C(C)Nc2ncnn2C1c1ccc(Br)s1. The standard InChI is InChI=1S/C12H11BrN4O2S/c1-6-9(11(18)19-2)10(7-3-4-8(13)20-7)17-12(16-6)14-5-15-17/h3-5,10H,1-2H3,(H,14,15,16). The van der Waals surface area contributed by atoms with Crippen molar-refractivity contribution < 1.29 is 9.53 Å². The summed E-state index contributed by atoms with van der Waals surface area (Å²) in [5.74, 6) is 0.246. The average Bonchev–Trinajstić information content (AvgIpc) is 3.04. The van der Waals surface area contributed by atoms with Crippen molar-refractivity contribution in [2.45, 2.75) is 13.0 Å². The van der Waals surface area contributed by atoms with Gasteiger partial charge in [0.1, 0.15) is 12.4 Å². The first-order chi connectivity index (χ1) is 9.61. The monoisotopic (exact) mass is 354 g/mol. The van der Waals surface area contributed by atoms with Crippen LogP contribution in [0.3, 0.4) is 0 Å². The van der Waals surface area contributed by atoms with E-state index in [2.05, 4.69) is 31.3 Å². The van der Waals surface area contributed by atoms with Gasteiger partial charge < -0.3 is 10.1 Å². The van der Waals surface area contributed by atoms with Crippen molar-refractivity contribution in [1.29, 1.82) is 0 Å². The second kappa shape index (κ2) is 5.02. The highest BCUT2D eigenvalue weighted by molar-refractivity contribution is 9.11. The summed E-state index contributed by atoms with van der Waals surface area (Å²) in [6, 6.07) is 3.59. The Hall–Kier alpha value is -1.67. The van der Waals surface area contributed by atoms with E-state index in [0.717, 1.165) is 14.4 Å². The summed E-state index contributed by atoms with van der Waals surface area (Å²) in [5, 5.41) is 7.29. The minimum absolute atomic E-state index is 0.322. The Morgan fingerprint density at radius 2 is 2.35 bits per heavy atom. The molecular formula is C12H11BrN4O2S. The second-order valence-electron chi connectivity index (χ2n) is 4.23. The Morgan fingerprint density at radius 3 is 3.00 bits per heavy atom. The summed E-state index contributed by atoms with van der Waals surface area (Å²) in [4.78, 5) is 17.3. The predicted octanol–water partition coefficient (Wildman–Crippen LogP) is 2.56. The summed E-state index contributed by atoms with van der Waals surface area (Å²) >= 11 is 5.00. The Morgan fingerprint density at radius 1 is 1.55 bits per heavy atom. The molecule has 0 radical (unpaired) electrons. The highest BCUT2D eigenvalue weighted by Crippen LogP contribution is 2.39. The first-order valence-corrected chi connectivity index (χ1v) is 7.43. The number of hydrogen-bond donors (Lipinski definition) is 1. The molecule has 3 rings (SSSR count). The molecule has 1 unspecified atom stereocenters. The minimum Gasteiger partial charge on any atom is -0.466 e. The number of carbonyl (C=O) groups is 1. The van der Waals surface area contributed by atoms with E-state index in [1.54, 1.807) is 16.0 Å². The van der Waals surface area contributed by atoms with Gasteiger partial charge in [0.15, 0.2) is 0 Å². The predicted molar refractivity (Wildman–Crippen MR) is 78.5 cm³/mol. The van der Waals surface area contributed by atoms with Crippen LogP contribution in [0.15, 0.2) is 33.5 Å². The minimum atomic E-state index is -0.370. The molecule has 1 N–H and O–H groups in total. The van der Waals surface area contributed by atoms with Gasteiger partial charge in [-0.25, -0.2) is 9.48 Å². The number of ether oxygens (including phenoxy) is 1. The topological polar surface area (TPSA) is 69.0 Å². The molecule has 0 amide bonds. The zero-order chi connectivity index (χ0) is 14.3. The third-order valence-electron chi connectivity index (χ3n) is 3.06. The van der Waals surface area contributed by atoms with Gasteiger partial charge in [-0.2, -0.15) is 10.1 Å². The van der Waals surface area contributed by atoms with E-state index in [1.165, 1.54) is 13.4 Å². The second-order valence-corrected chi connectivity index (χ2v) is 6.72. The zero-order valence-electron chi connectivity index (χ0n) is 10.8. The highest BCUT2D eigenvalue weighted by atomic mass is 79.9. The van der Waals surface area contributed by atoms with Crippen LogP contribution in [0.5, 0.6) is 0 Å². The molecule has 3 heterocycles. The van der Waals surface area contributed by atoms with Crippen molar-refractivity contribution in [3.05, 3.63) is 38.4 Å². The summed E-state index contributed by atoms with van der Waals surface area (Å²) < 4.78 is 7.59. The van der Waals surface area contributed by atoms with Crippen LogP contribution in [0.1, 0.15) is 17.8 Å². The van der Waals surface area contributed by atoms with E-state index in [4.69, 9.17) is 4.74 Å². The third kappa shape index (κ3) is 2.04. The van der Waals surface area contributed by atoms with Crippen LogP contribution in [0.2, 0.25) is 0 Å². The van der Waals surface area contributed by atoms with Crippen molar-refractivity contribution in [2.24, 2.45) is 0 Å². The van der Waals surface area contributed by atoms with Gasteiger partial charge in [-0.05, 0) is 35.0 Å². The molecule has 0 aromatic carbocycles. The van der Waals surface area contributed by atoms with E-state index in [-0.39, 0.29) is 12.0 Å². The van der Waals surface area contributed by atoms with Gasteiger partial charge in [0.25, 0.3) is 0 Å². The number of anilines is 1. The molecule has 0 saturated heterocycles. The van der Waals surface area contributed by atoms with Crippen molar-refractivity contribution >= 4 is 39.2 Å². The number of carbonyl (C=O) groups excluding carboxylic acids is 1. The lowest BCUT2D eigenvalue weighted by atomic mass is 10.0. The van der Waals surface area contributed by atoms with E-state index in [9.17, 15) is 4.79 Å². The maximum Gasteiger partial charge on any atom is 0.338 e. The number of esters is 1. The van der Waals surface area contributed by atoms with Crippen LogP contribution in [0.4, 0.5) is 5.95 Å². The van der Waals surface area contributed by atoms with E-state index in [0.29, 0.717) is 11.5 Å². The van der Waals surface area contributed by atoms with Gasteiger partial charge in [-0.3, -0.25) is 0 Å². The number of thiophene rings is 1. The van der Waals surface area contributed by atoms with Crippen LogP contribution < -0.4 is 5.32 Å². The molecule has 0 saturated carbocycles. The number of allylic oxidation sites excluding steroid dienone is 1. The molecular weight excluding hydrogens is 344 g/mol. The van der Waals surface area contributed by atoms with Crippen molar-refractivity contribution in [1.82, 2.24) is 14.8 Å². The summed E-state index contributed by atoms with van der Waals surface area (Å²) in [6.07, 6.45) is 1.46. The number of methoxy groups -OCH3 is 1. The molecule has 0 aliphatic carbocycles. The van der Waals surface area contributed by atoms with Gasteiger partial charge >= 0.3 is 5.97 Å². The zero-order valence-corrected chi connectivity index (χ0v) is 13.2. The first kappa shape index (κ1) is 13.3. The molecule has 0 bridgehead atoms. The number of aromatic nitrogens is 3. The average molecular weight is 355 g/mol. The number of fused-ring (bicyclic) bond motifs is 1. The van der Waals surface area contributed by atoms with Crippen molar-refractivity contribution in [3.63, 3.8) is 0 Å². The third-order valence-corrected chi connectivity index (χ3v) is 4.74. The van der Waals surface area contributed by atoms with Crippen molar-refractivity contribution in [3.8, 4) is 0 Å². The maximum absolute atomic E-state index is 12.1. The summed E-state index contributed by atoms with van der Waals surface area (Å²) in [5.41, 5.74) is 1.27. The Kier molecular flexibility index (Phi) is 3.35. The number of nitrogens with zero attached hydrogens (tertiary/aromatic N) is 3. The quantitative estimate of drug-likeness (QED) is 0.839. The summed E-state index contributed by atoms with van der Waals surface area (Å²) in [7, 11) is 1.38. The van der Waals surface area contributed by atoms with Gasteiger partial charge in [0, 0.05) is 10.6 Å². The van der Waals surface area contributed by atoms with Crippen LogP contribution in [0, 0.1) is 0 Å². The number of hydrogen-bond acceptors (Lipinski definition) is 6. The van der Waals surface area contributed by atoms with Gasteiger partial charge in [-0.1, -0.05) is 0 Å². The molecule has 0 spiro atoms. The molecule has 6 nitrogen and oxygen atoms in total. The fourth-order valence-corrected chi connectivity index (χ4v) is 3.72. The molecule has 8 heteroatoms. The van der Waals surface area contributed by atoms with Gasteiger partial charge in [0.2, 0.25) is 5.95 Å². The van der Waals surface area contributed by atoms with Gasteiger partial charge in [0.05, 0.1) is 16.5 Å². The molecule has 2 aromatic heterocycles. The molecule has 1 aliphatic rings. The number of nitrogens with one attached hydrogen (secondary N) is 1. The number of rotatable bonds is 2. The molecule has 1 atom stereocenters. The molecule has 2 aromatic rings. The Labute approximate surface area is 127 Å². The Balaban J connectivity index is 2.18. The van der Waals surface area contributed by atoms with Crippen molar-refractivity contribution in [2.75, 3.05) is 12.4 Å². The lowest BCUT2D eigenvalue weighted by Gasteiger charge is -2.26.